The summed E-state index contributed by atoms with van der Waals surface area (Å²) in [5.41, 5.74) is 5.27. The third kappa shape index (κ3) is 2.34. The van der Waals surface area contributed by atoms with Gasteiger partial charge in [-0.15, -0.1) is 0 Å². The van der Waals surface area contributed by atoms with Crippen molar-refractivity contribution >= 4 is 16.9 Å². The van der Waals surface area contributed by atoms with E-state index in [1.807, 2.05) is 12.1 Å². The van der Waals surface area contributed by atoms with Gasteiger partial charge >= 0.3 is 5.97 Å². The van der Waals surface area contributed by atoms with E-state index in [1.165, 1.54) is 11.1 Å². The molecular formula is C19H17NO4. The normalized spacial score (nSPS) is 13.7. The maximum Gasteiger partial charge on any atom is 0.371 e. The van der Waals surface area contributed by atoms with E-state index >= 15 is 0 Å². The van der Waals surface area contributed by atoms with E-state index in [2.05, 4.69) is 23.5 Å². The minimum absolute atomic E-state index is 0.0836. The van der Waals surface area contributed by atoms with Gasteiger partial charge in [0.15, 0.2) is 11.3 Å². The molecule has 1 aliphatic heterocycles. The quantitative estimate of drug-likeness (QED) is 0.772. The van der Waals surface area contributed by atoms with Crippen LogP contribution in [0.15, 0.2) is 40.8 Å². The van der Waals surface area contributed by atoms with Crippen LogP contribution in [-0.2, 0) is 13.0 Å². The summed E-state index contributed by atoms with van der Waals surface area (Å²) in [7, 11) is 1.56. The topological polar surface area (TPSA) is 71.7 Å². The Balaban J connectivity index is 1.93. The Morgan fingerprint density at radius 1 is 1.29 bits per heavy atom. The van der Waals surface area contributed by atoms with Gasteiger partial charge < -0.3 is 19.6 Å². The van der Waals surface area contributed by atoms with Crippen LogP contribution in [0.25, 0.3) is 22.1 Å². The van der Waals surface area contributed by atoms with Crippen LogP contribution in [0, 0.1) is 0 Å². The number of fused-ring (bicyclic) bond motifs is 2. The number of ether oxygens (including phenoxy) is 1. The number of methoxy groups -OCH3 is 1. The molecule has 0 aliphatic carbocycles. The summed E-state index contributed by atoms with van der Waals surface area (Å²) in [4.78, 5) is 11.2. The summed E-state index contributed by atoms with van der Waals surface area (Å²) in [6, 6.07) is 11.7. The molecule has 1 aromatic heterocycles. The number of rotatable bonds is 3. The van der Waals surface area contributed by atoms with Gasteiger partial charge in [0.2, 0.25) is 5.76 Å². The molecule has 4 rings (SSSR count). The first kappa shape index (κ1) is 14.8. The lowest BCUT2D eigenvalue weighted by Gasteiger charge is -2.20. The number of hydrogen-bond acceptors (Lipinski definition) is 4. The number of carboxylic acids is 1. The number of nitrogens with one attached hydrogen (secondary N) is 1. The predicted molar refractivity (Wildman–Crippen MR) is 90.6 cm³/mol. The van der Waals surface area contributed by atoms with Crippen molar-refractivity contribution < 1.29 is 19.1 Å². The second kappa shape index (κ2) is 5.69. The van der Waals surface area contributed by atoms with Crippen molar-refractivity contribution in [3.05, 3.63) is 53.3 Å². The molecule has 0 bridgehead atoms. The van der Waals surface area contributed by atoms with Crippen molar-refractivity contribution in [1.82, 2.24) is 5.32 Å². The third-order valence-electron chi connectivity index (χ3n) is 4.46. The zero-order valence-electron chi connectivity index (χ0n) is 13.3. The van der Waals surface area contributed by atoms with Crippen molar-refractivity contribution in [1.29, 1.82) is 0 Å². The molecule has 0 amide bonds. The number of carboxylic acid groups (broad SMARTS) is 1. The van der Waals surface area contributed by atoms with Gasteiger partial charge in [-0.05, 0) is 53.4 Å². The Bertz CT molecular complexity index is 942. The standard InChI is InChI=1S/C19H17NO4/c1-23-16-8-12(7-13-9-17(19(21)22)24-18(13)16)14-4-2-3-11-10-20-6-5-15(11)14/h2-4,7-9,20H,5-6,10H2,1H3,(H,21,22). The third-order valence-corrected chi connectivity index (χ3v) is 4.46. The molecule has 0 saturated heterocycles. The van der Waals surface area contributed by atoms with Crippen molar-refractivity contribution in [2.45, 2.75) is 13.0 Å². The highest BCUT2D eigenvalue weighted by molar-refractivity contribution is 5.96. The molecule has 2 N–H and O–H groups in total. The first-order valence-corrected chi connectivity index (χ1v) is 7.84. The number of benzene rings is 2. The van der Waals surface area contributed by atoms with Crippen molar-refractivity contribution in [2.75, 3.05) is 13.7 Å². The first-order valence-electron chi connectivity index (χ1n) is 7.84. The average Bonchev–Trinajstić information content (AvgIpc) is 3.05. The van der Waals surface area contributed by atoms with Crippen LogP contribution in [0.5, 0.6) is 5.75 Å². The van der Waals surface area contributed by atoms with Crippen LogP contribution in [0.3, 0.4) is 0 Å². The predicted octanol–water partition coefficient (Wildman–Crippen LogP) is 3.45. The highest BCUT2D eigenvalue weighted by Crippen LogP contribution is 2.37. The van der Waals surface area contributed by atoms with Gasteiger partial charge in [-0.1, -0.05) is 18.2 Å². The monoisotopic (exact) mass is 323 g/mol. The lowest BCUT2D eigenvalue weighted by Crippen LogP contribution is -2.24. The van der Waals surface area contributed by atoms with Gasteiger partial charge in [-0.2, -0.15) is 0 Å². The Morgan fingerprint density at radius 3 is 2.96 bits per heavy atom. The minimum atomic E-state index is -1.09. The molecule has 0 saturated carbocycles. The van der Waals surface area contributed by atoms with E-state index in [0.29, 0.717) is 11.3 Å². The summed E-state index contributed by atoms with van der Waals surface area (Å²) < 4.78 is 10.8. The van der Waals surface area contributed by atoms with Gasteiger partial charge in [-0.3, -0.25) is 0 Å². The van der Waals surface area contributed by atoms with Crippen LogP contribution < -0.4 is 10.1 Å². The average molecular weight is 323 g/mol. The highest BCUT2D eigenvalue weighted by atomic mass is 16.5. The fourth-order valence-electron chi connectivity index (χ4n) is 3.34. The first-order chi connectivity index (χ1) is 11.7. The molecule has 0 fully saturated rings. The van der Waals surface area contributed by atoms with Crippen molar-refractivity contribution in [3.8, 4) is 16.9 Å². The molecule has 0 unspecified atom stereocenters. The van der Waals surface area contributed by atoms with Gasteiger partial charge in [-0.25, -0.2) is 4.79 Å². The van der Waals surface area contributed by atoms with Crippen LogP contribution in [0.1, 0.15) is 21.7 Å². The number of hydrogen-bond donors (Lipinski definition) is 2. The summed E-state index contributed by atoms with van der Waals surface area (Å²) in [6.45, 7) is 1.83. The molecule has 5 heteroatoms. The second-order valence-corrected chi connectivity index (χ2v) is 5.88. The molecule has 3 aromatic rings. The molecule has 0 atom stereocenters. The van der Waals surface area contributed by atoms with Gasteiger partial charge in [0, 0.05) is 11.9 Å². The van der Waals surface area contributed by atoms with E-state index in [-0.39, 0.29) is 5.76 Å². The number of aromatic carboxylic acids is 1. The largest absolute Gasteiger partial charge is 0.493 e. The molecular weight excluding hydrogens is 306 g/mol. The van der Waals surface area contributed by atoms with E-state index < -0.39 is 5.97 Å². The van der Waals surface area contributed by atoms with Crippen LogP contribution >= 0.6 is 0 Å². The molecule has 1 aliphatic rings. The Kier molecular flexibility index (Phi) is 3.50. The molecule has 2 heterocycles. The molecule has 24 heavy (non-hydrogen) atoms. The van der Waals surface area contributed by atoms with Crippen LogP contribution in [-0.4, -0.2) is 24.7 Å². The number of carbonyl (C=O) groups is 1. The summed E-state index contributed by atoms with van der Waals surface area (Å²) in [6.07, 6.45) is 0.970. The Labute approximate surface area is 138 Å². The summed E-state index contributed by atoms with van der Waals surface area (Å²) in [5, 5.41) is 13.3. The molecule has 2 aromatic carbocycles. The maximum absolute atomic E-state index is 11.2. The Hall–Kier alpha value is -2.79. The van der Waals surface area contributed by atoms with E-state index in [9.17, 15) is 4.79 Å². The summed E-state index contributed by atoms with van der Waals surface area (Å²) in [5.74, 6) is -0.626. The van der Waals surface area contributed by atoms with Crippen LogP contribution in [0.4, 0.5) is 0 Å². The molecule has 0 radical (unpaired) electrons. The lowest BCUT2D eigenvalue weighted by molar-refractivity contribution is 0.0665. The summed E-state index contributed by atoms with van der Waals surface area (Å²) >= 11 is 0. The van der Waals surface area contributed by atoms with Gasteiger partial charge in [0.1, 0.15) is 0 Å². The van der Waals surface area contributed by atoms with Crippen molar-refractivity contribution in [3.63, 3.8) is 0 Å². The lowest BCUT2D eigenvalue weighted by atomic mass is 9.91. The van der Waals surface area contributed by atoms with Crippen LogP contribution in [0.2, 0.25) is 0 Å². The zero-order valence-corrected chi connectivity index (χ0v) is 13.3. The molecule has 122 valence electrons. The molecule has 0 spiro atoms. The second-order valence-electron chi connectivity index (χ2n) is 5.88. The van der Waals surface area contributed by atoms with Gasteiger partial charge in [0.05, 0.1) is 7.11 Å². The van der Waals surface area contributed by atoms with E-state index in [4.69, 9.17) is 14.3 Å². The van der Waals surface area contributed by atoms with E-state index in [0.717, 1.165) is 36.0 Å². The van der Waals surface area contributed by atoms with Gasteiger partial charge in [0.25, 0.3) is 0 Å². The SMILES string of the molecule is COc1cc(-c2cccc3c2CCNC3)cc2cc(C(=O)O)oc12. The zero-order chi connectivity index (χ0) is 16.7. The fraction of sp³-hybridized carbons (Fsp3) is 0.211. The van der Waals surface area contributed by atoms with E-state index in [1.54, 1.807) is 13.2 Å². The maximum atomic E-state index is 11.2. The smallest absolute Gasteiger partial charge is 0.371 e. The van der Waals surface area contributed by atoms with Crippen molar-refractivity contribution in [2.24, 2.45) is 0 Å². The molecule has 5 nitrogen and oxygen atoms in total. The Morgan fingerprint density at radius 2 is 2.17 bits per heavy atom. The highest BCUT2D eigenvalue weighted by Gasteiger charge is 2.18. The fourth-order valence-corrected chi connectivity index (χ4v) is 3.34. The minimum Gasteiger partial charge on any atom is -0.493 e. The number of furan rings is 1.